The number of thiophene rings is 1. The Hall–Kier alpha value is -2.54. The molecule has 5 nitrogen and oxygen atoms in total. The number of carbonyl (C=O) groups is 1. The van der Waals surface area contributed by atoms with Crippen LogP contribution in [0.4, 0.5) is 10.2 Å². The zero-order valence-corrected chi connectivity index (χ0v) is 14.6. The fourth-order valence-corrected chi connectivity index (χ4v) is 3.95. The fraction of sp³-hybridized carbons (Fsp3) is 0.278. The summed E-state index contributed by atoms with van der Waals surface area (Å²) in [4.78, 5) is 27.5. The van der Waals surface area contributed by atoms with Gasteiger partial charge in [0.2, 0.25) is 0 Å². The molecule has 0 bridgehead atoms. The van der Waals surface area contributed by atoms with Crippen molar-refractivity contribution in [3.8, 4) is 0 Å². The number of hydrogen-bond donors (Lipinski definition) is 0. The zero-order valence-electron chi connectivity index (χ0n) is 13.8. The first kappa shape index (κ1) is 16.0. The van der Waals surface area contributed by atoms with E-state index in [-0.39, 0.29) is 11.7 Å². The van der Waals surface area contributed by atoms with E-state index in [1.165, 1.54) is 29.1 Å². The van der Waals surface area contributed by atoms with Gasteiger partial charge in [0.1, 0.15) is 22.8 Å². The van der Waals surface area contributed by atoms with E-state index in [2.05, 4.69) is 27.9 Å². The van der Waals surface area contributed by atoms with Crippen LogP contribution >= 0.6 is 11.3 Å². The number of rotatable bonds is 2. The van der Waals surface area contributed by atoms with Crippen LogP contribution < -0.4 is 4.90 Å². The minimum atomic E-state index is -0.333. The van der Waals surface area contributed by atoms with Gasteiger partial charge in [0.25, 0.3) is 5.91 Å². The van der Waals surface area contributed by atoms with Crippen molar-refractivity contribution >= 4 is 33.3 Å². The molecule has 0 saturated carbocycles. The standard InChI is InChI=1S/C18H17FN4OS/c1-12-10-15-16(20-11-21-17(15)25-12)22-6-8-23(9-7-22)18(24)13-2-4-14(19)5-3-13/h2-5,10-11H,6-9H2,1H3. The lowest BCUT2D eigenvalue weighted by Gasteiger charge is -2.35. The minimum absolute atomic E-state index is 0.0566. The third-order valence-corrected chi connectivity index (χ3v) is 5.35. The van der Waals surface area contributed by atoms with Gasteiger partial charge in [-0.15, -0.1) is 11.3 Å². The second kappa shape index (κ2) is 6.40. The monoisotopic (exact) mass is 356 g/mol. The molecule has 1 aromatic carbocycles. The van der Waals surface area contributed by atoms with Crippen molar-refractivity contribution in [1.82, 2.24) is 14.9 Å². The van der Waals surface area contributed by atoms with Gasteiger partial charge < -0.3 is 9.80 Å². The topological polar surface area (TPSA) is 49.3 Å². The van der Waals surface area contributed by atoms with Gasteiger partial charge in [0.15, 0.2) is 0 Å². The number of carbonyl (C=O) groups excluding carboxylic acids is 1. The molecule has 1 aliphatic rings. The van der Waals surface area contributed by atoms with Crippen molar-refractivity contribution in [1.29, 1.82) is 0 Å². The molecule has 1 fully saturated rings. The SMILES string of the molecule is Cc1cc2c(N3CCN(C(=O)c4ccc(F)cc4)CC3)ncnc2s1. The van der Waals surface area contributed by atoms with E-state index in [0.29, 0.717) is 31.7 Å². The predicted octanol–water partition coefficient (Wildman–Crippen LogP) is 3.10. The second-order valence-electron chi connectivity index (χ2n) is 6.06. The first-order valence-electron chi connectivity index (χ1n) is 8.13. The summed E-state index contributed by atoms with van der Waals surface area (Å²) in [5.41, 5.74) is 0.521. The van der Waals surface area contributed by atoms with Crippen LogP contribution in [0.15, 0.2) is 36.7 Å². The number of benzene rings is 1. The van der Waals surface area contributed by atoms with Crippen molar-refractivity contribution in [2.24, 2.45) is 0 Å². The summed E-state index contributed by atoms with van der Waals surface area (Å²) >= 11 is 1.66. The largest absolute Gasteiger partial charge is 0.352 e. The number of aryl methyl sites for hydroxylation is 1. The molecule has 3 aromatic rings. The molecule has 1 aliphatic heterocycles. The minimum Gasteiger partial charge on any atom is -0.352 e. The quantitative estimate of drug-likeness (QED) is 0.708. The van der Waals surface area contributed by atoms with Crippen LogP contribution in [0.5, 0.6) is 0 Å². The van der Waals surface area contributed by atoms with Crippen LogP contribution in [0.1, 0.15) is 15.2 Å². The zero-order chi connectivity index (χ0) is 17.4. The second-order valence-corrected chi connectivity index (χ2v) is 7.29. The average molecular weight is 356 g/mol. The summed E-state index contributed by atoms with van der Waals surface area (Å²) in [5, 5.41) is 1.07. The molecule has 2 aromatic heterocycles. The Morgan fingerprint density at radius 1 is 1.12 bits per heavy atom. The molecule has 7 heteroatoms. The lowest BCUT2D eigenvalue weighted by Crippen LogP contribution is -2.49. The Bertz CT molecular complexity index is 916. The Labute approximate surface area is 148 Å². The average Bonchev–Trinajstić information content (AvgIpc) is 3.02. The first-order chi connectivity index (χ1) is 12.1. The summed E-state index contributed by atoms with van der Waals surface area (Å²) in [6, 6.07) is 7.82. The molecule has 0 unspecified atom stereocenters. The van der Waals surface area contributed by atoms with Crippen molar-refractivity contribution in [3.63, 3.8) is 0 Å². The van der Waals surface area contributed by atoms with Gasteiger partial charge >= 0.3 is 0 Å². The molecule has 0 radical (unpaired) electrons. The molecule has 25 heavy (non-hydrogen) atoms. The van der Waals surface area contributed by atoms with Crippen LogP contribution in [0.3, 0.4) is 0 Å². The van der Waals surface area contributed by atoms with E-state index in [1.54, 1.807) is 22.6 Å². The maximum absolute atomic E-state index is 13.0. The summed E-state index contributed by atoms with van der Waals surface area (Å²) in [7, 11) is 0. The molecule has 1 amide bonds. The number of aromatic nitrogens is 2. The maximum Gasteiger partial charge on any atom is 0.253 e. The van der Waals surface area contributed by atoms with Crippen molar-refractivity contribution in [3.05, 3.63) is 52.9 Å². The molecule has 3 heterocycles. The molecule has 4 rings (SSSR count). The number of fused-ring (bicyclic) bond motifs is 1. The lowest BCUT2D eigenvalue weighted by molar-refractivity contribution is 0.0746. The van der Waals surface area contributed by atoms with Gasteiger partial charge in [0.05, 0.1) is 5.39 Å². The van der Waals surface area contributed by atoms with Crippen LogP contribution in [0, 0.1) is 12.7 Å². The Kier molecular flexibility index (Phi) is 4.09. The molecule has 0 atom stereocenters. The van der Waals surface area contributed by atoms with E-state index in [9.17, 15) is 9.18 Å². The van der Waals surface area contributed by atoms with E-state index in [4.69, 9.17) is 0 Å². The normalized spacial score (nSPS) is 15.0. The van der Waals surface area contributed by atoms with Crippen molar-refractivity contribution < 1.29 is 9.18 Å². The van der Waals surface area contributed by atoms with Gasteiger partial charge in [0, 0.05) is 36.6 Å². The van der Waals surface area contributed by atoms with Crippen LogP contribution in [-0.2, 0) is 0 Å². The molecule has 0 N–H and O–H groups in total. The smallest absolute Gasteiger partial charge is 0.253 e. The summed E-state index contributed by atoms with van der Waals surface area (Å²) in [5.74, 6) is 0.544. The number of piperazine rings is 1. The third-order valence-electron chi connectivity index (χ3n) is 4.39. The van der Waals surface area contributed by atoms with Gasteiger partial charge in [-0.1, -0.05) is 0 Å². The number of hydrogen-bond acceptors (Lipinski definition) is 5. The summed E-state index contributed by atoms with van der Waals surface area (Å²) in [6.45, 7) is 4.73. The first-order valence-corrected chi connectivity index (χ1v) is 8.94. The lowest BCUT2D eigenvalue weighted by atomic mass is 10.1. The highest BCUT2D eigenvalue weighted by Crippen LogP contribution is 2.30. The number of amides is 1. The molecule has 128 valence electrons. The number of anilines is 1. The van der Waals surface area contributed by atoms with E-state index >= 15 is 0 Å². The van der Waals surface area contributed by atoms with Gasteiger partial charge in [-0.05, 0) is 37.3 Å². The highest BCUT2D eigenvalue weighted by atomic mass is 32.1. The van der Waals surface area contributed by atoms with E-state index in [0.717, 1.165) is 16.0 Å². The van der Waals surface area contributed by atoms with Gasteiger partial charge in [-0.3, -0.25) is 4.79 Å². The highest BCUT2D eigenvalue weighted by molar-refractivity contribution is 7.18. The van der Waals surface area contributed by atoms with Crippen LogP contribution in [-0.4, -0.2) is 47.0 Å². The predicted molar refractivity (Wildman–Crippen MR) is 96.7 cm³/mol. The van der Waals surface area contributed by atoms with Crippen molar-refractivity contribution in [2.45, 2.75) is 6.92 Å². The fourth-order valence-electron chi connectivity index (χ4n) is 3.11. The summed E-state index contributed by atoms with van der Waals surface area (Å²) in [6.07, 6.45) is 1.60. The highest BCUT2D eigenvalue weighted by Gasteiger charge is 2.24. The third kappa shape index (κ3) is 3.07. The van der Waals surface area contributed by atoms with Crippen molar-refractivity contribution in [2.75, 3.05) is 31.1 Å². The number of nitrogens with zero attached hydrogens (tertiary/aromatic N) is 4. The molecule has 1 saturated heterocycles. The van der Waals surface area contributed by atoms with Gasteiger partial charge in [-0.25, -0.2) is 14.4 Å². The Morgan fingerprint density at radius 3 is 2.56 bits per heavy atom. The Balaban J connectivity index is 1.49. The molecule has 0 aliphatic carbocycles. The van der Waals surface area contributed by atoms with Crippen LogP contribution in [0.25, 0.3) is 10.2 Å². The van der Waals surface area contributed by atoms with E-state index in [1.807, 2.05) is 0 Å². The maximum atomic E-state index is 13.0. The molecular formula is C18H17FN4OS. The van der Waals surface area contributed by atoms with E-state index < -0.39 is 0 Å². The molecular weight excluding hydrogens is 339 g/mol. The summed E-state index contributed by atoms with van der Waals surface area (Å²) < 4.78 is 13.0. The van der Waals surface area contributed by atoms with Gasteiger partial charge in [-0.2, -0.15) is 0 Å². The number of halogens is 1. The molecule has 0 spiro atoms. The van der Waals surface area contributed by atoms with Crippen LogP contribution in [0.2, 0.25) is 0 Å². The Morgan fingerprint density at radius 2 is 1.84 bits per heavy atom.